The molecule has 0 bridgehead atoms. The van der Waals surface area contributed by atoms with Crippen LogP contribution >= 0.6 is 11.6 Å². The molecule has 8 heteroatoms. The molecule has 0 aliphatic heterocycles. The van der Waals surface area contributed by atoms with Gasteiger partial charge in [0, 0.05) is 31.7 Å². The predicted molar refractivity (Wildman–Crippen MR) is 119 cm³/mol. The van der Waals surface area contributed by atoms with Gasteiger partial charge in [0.05, 0.1) is 11.6 Å². The molecule has 2 aromatic rings. The fourth-order valence-electron chi connectivity index (χ4n) is 2.37. The lowest BCUT2D eigenvalue weighted by atomic mass is 10.1. The van der Waals surface area contributed by atoms with Crippen LogP contribution in [0.15, 0.2) is 42.5 Å². The number of carbonyl (C=O) groups excluding carboxylic acids is 2. The number of carbonyl (C=O) groups is 2. The van der Waals surface area contributed by atoms with E-state index in [-0.39, 0.29) is 11.6 Å². The average molecular weight is 434 g/mol. The van der Waals surface area contributed by atoms with Crippen molar-refractivity contribution in [1.29, 1.82) is 0 Å². The van der Waals surface area contributed by atoms with E-state index in [2.05, 4.69) is 10.6 Å². The molecular formula is C22H28ClN3O4. The zero-order valence-electron chi connectivity index (χ0n) is 17.9. The monoisotopic (exact) mass is 433 g/mol. The molecule has 30 heavy (non-hydrogen) atoms. The van der Waals surface area contributed by atoms with Gasteiger partial charge in [0.1, 0.15) is 11.5 Å². The van der Waals surface area contributed by atoms with E-state index in [4.69, 9.17) is 21.1 Å². The summed E-state index contributed by atoms with van der Waals surface area (Å²) in [6.45, 7) is 6.08. The highest BCUT2D eigenvalue weighted by molar-refractivity contribution is 6.32. The number of ether oxygens (including phenoxy) is 2. The van der Waals surface area contributed by atoms with Gasteiger partial charge in [-0.2, -0.15) is 0 Å². The summed E-state index contributed by atoms with van der Waals surface area (Å²) in [7, 11) is 3.32. The van der Waals surface area contributed by atoms with Crippen LogP contribution in [0.1, 0.15) is 26.3 Å². The first-order valence-corrected chi connectivity index (χ1v) is 9.91. The van der Waals surface area contributed by atoms with Crippen LogP contribution < -0.4 is 20.1 Å². The van der Waals surface area contributed by atoms with Gasteiger partial charge in [-0.1, -0.05) is 23.7 Å². The SMILES string of the molecule is CN(C)C(=O)Nc1ccc(OCCc2ccc(OC(=O)NC(C)(C)C)cc2)c(Cl)c1. The maximum atomic E-state index is 11.8. The Labute approximate surface area is 182 Å². The Bertz CT molecular complexity index is 877. The van der Waals surface area contributed by atoms with E-state index in [0.29, 0.717) is 35.2 Å². The van der Waals surface area contributed by atoms with Gasteiger partial charge < -0.3 is 25.0 Å². The van der Waals surface area contributed by atoms with Crippen molar-refractivity contribution in [1.82, 2.24) is 10.2 Å². The van der Waals surface area contributed by atoms with Crippen molar-refractivity contribution in [2.24, 2.45) is 0 Å². The number of amides is 3. The maximum absolute atomic E-state index is 11.8. The molecule has 2 aromatic carbocycles. The molecule has 0 radical (unpaired) electrons. The minimum Gasteiger partial charge on any atom is -0.492 e. The number of anilines is 1. The average Bonchev–Trinajstić information content (AvgIpc) is 2.63. The zero-order chi connectivity index (χ0) is 22.3. The van der Waals surface area contributed by atoms with Crippen molar-refractivity contribution in [3.63, 3.8) is 0 Å². The molecule has 0 spiro atoms. The molecule has 0 saturated heterocycles. The normalized spacial score (nSPS) is 10.9. The third-order valence-electron chi connectivity index (χ3n) is 3.85. The Kier molecular flexibility index (Phi) is 7.94. The highest BCUT2D eigenvalue weighted by Gasteiger charge is 2.15. The van der Waals surface area contributed by atoms with Gasteiger partial charge in [-0.3, -0.25) is 0 Å². The van der Waals surface area contributed by atoms with Crippen molar-refractivity contribution < 1.29 is 19.1 Å². The number of urea groups is 1. The molecule has 3 amide bonds. The summed E-state index contributed by atoms with van der Waals surface area (Å²) in [5, 5.41) is 5.89. The lowest BCUT2D eigenvalue weighted by molar-refractivity contribution is 0.190. The first-order chi connectivity index (χ1) is 14.0. The quantitative estimate of drug-likeness (QED) is 0.676. The summed E-state index contributed by atoms with van der Waals surface area (Å²) in [6.07, 6.45) is 0.169. The molecule has 0 fully saturated rings. The molecule has 0 heterocycles. The molecular weight excluding hydrogens is 406 g/mol. The van der Waals surface area contributed by atoms with Gasteiger partial charge >= 0.3 is 12.1 Å². The molecule has 2 N–H and O–H groups in total. The number of rotatable bonds is 6. The molecule has 162 valence electrons. The van der Waals surface area contributed by atoms with Gasteiger partial charge in [-0.05, 0) is 56.7 Å². The Balaban J connectivity index is 1.84. The van der Waals surface area contributed by atoms with Gasteiger partial charge in [0.15, 0.2) is 0 Å². The van der Waals surface area contributed by atoms with Crippen LogP contribution in [-0.2, 0) is 6.42 Å². The molecule has 0 saturated carbocycles. The lowest BCUT2D eigenvalue weighted by Gasteiger charge is -2.19. The lowest BCUT2D eigenvalue weighted by Crippen LogP contribution is -2.42. The van der Waals surface area contributed by atoms with Crippen LogP contribution in [0.4, 0.5) is 15.3 Å². The van der Waals surface area contributed by atoms with E-state index in [0.717, 1.165) is 5.56 Å². The first kappa shape index (κ1) is 23.3. The molecule has 7 nitrogen and oxygen atoms in total. The molecule has 2 rings (SSSR count). The largest absolute Gasteiger partial charge is 0.492 e. The fourth-order valence-corrected chi connectivity index (χ4v) is 2.61. The highest BCUT2D eigenvalue weighted by atomic mass is 35.5. The Morgan fingerprint density at radius 2 is 1.73 bits per heavy atom. The molecule has 0 atom stereocenters. The zero-order valence-corrected chi connectivity index (χ0v) is 18.7. The van der Waals surface area contributed by atoms with Gasteiger partial charge in [-0.15, -0.1) is 0 Å². The highest BCUT2D eigenvalue weighted by Crippen LogP contribution is 2.28. The number of hydrogen-bond acceptors (Lipinski definition) is 4. The van der Waals surface area contributed by atoms with Gasteiger partial charge in [0.2, 0.25) is 0 Å². The summed E-state index contributed by atoms with van der Waals surface area (Å²) in [6, 6.07) is 12.1. The summed E-state index contributed by atoms with van der Waals surface area (Å²) < 4.78 is 11.0. The first-order valence-electron chi connectivity index (χ1n) is 9.53. The summed E-state index contributed by atoms with van der Waals surface area (Å²) in [5.74, 6) is 1.01. The van der Waals surface area contributed by atoms with Crippen molar-refractivity contribution in [2.75, 3.05) is 26.0 Å². The van der Waals surface area contributed by atoms with Crippen molar-refractivity contribution in [3.05, 3.63) is 53.1 Å². The van der Waals surface area contributed by atoms with E-state index in [1.807, 2.05) is 32.9 Å². The topological polar surface area (TPSA) is 79.9 Å². The molecule has 0 aliphatic carbocycles. The second-order valence-corrected chi connectivity index (χ2v) is 8.38. The summed E-state index contributed by atoms with van der Waals surface area (Å²) >= 11 is 6.24. The van der Waals surface area contributed by atoms with E-state index < -0.39 is 6.09 Å². The van der Waals surface area contributed by atoms with Gasteiger partial charge in [0.25, 0.3) is 0 Å². The Morgan fingerprint density at radius 3 is 2.30 bits per heavy atom. The number of nitrogens with zero attached hydrogens (tertiary/aromatic N) is 1. The number of halogens is 1. The molecule has 0 aliphatic rings. The third-order valence-corrected chi connectivity index (χ3v) is 4.14. The van der Waals surface area contributed by atoms with Crippen molar-refractivity contribution >= 4 is 29.4 Å². The maximum Gasteiger partial charge on any atom is 0.413 e. The van der Waals surface area contributed by atoms with Crippen LogP contribution in [0, 0.1) is 0 Å². The third kappa shape index (κ3) is 7.83. The van der Waals surface area contributed by atoms with E-state index >= 15 is 0 Å². The van der Waals surface area contributed by atoms with Crippen molar-refractivity contribution in [3.8, 4) is 11.5 Å². The van der Waals surface area contributed by atoms with Crippen molar-refractivity contribution in [2.45, 2.75) is 32.7 Å². The van der Waals surface area contributed by atoms with Crippen LogP contribution in [0.2, 0.25) is 5.02 Å². The minimum atomic E-state index is -0.488. The second kappa shape index (κ2) is 10.2. The second-order valence-electron chi connectivity index (χ2n) is 7.98. The number of benzene rings is 2. The Morgan fingerprint density at radius 1 is 1.07 bits per heavy atom. The van der Waals surface area contributed by atoms with Crippen LogP contribution in [0.5, 0.6) is 11.5 Å². The Hall–Kier alpha value is -2.93. The van der Waals surface area contributed by atoms with E-state index in [1.165, 1.54) is 4.90 Å². The van der Waals surface area contributed by atoms with Crippen LogP contribution in [0.3, 0.4) is 0 Å². The standard InChI is InChI=1S/C22H28ClN3O4/c1-22(2,3)25-21(28)30-17-9-6-15(7-10-17)12-13-29-19-11-8-16(14-18(19)23)24-20(27)26(4)5/h6-11,14H,12-13H2,1-5H3,(H,24,27)(H,25,28). The van der Waals surface area contributed by atoms with E-state index in [1.54, 1.807) is 44.4 Å². The number of hydrogen-bond donors (Lipinski definition) is 2. The minimum absolute atomic E-state index is 0.233. The molecule has 0 aromatic heterocycles. The predicted octanol–water partition coefficient (Wildman–Crippen LogP) is 4.94. The van der Waals surface area contributed by atoms with Gasteiger partial charge in [-0.25, -0.2) is 9.59 Å². The summed E-state index contributed by atoms with van der Waals surface area (Å²) in [5.41, 5.74) is 1.27. The molecule has 0 unspecified atom stereocenters. The summed E-state index contributed by atoms with van der Waals surface area (Å²) in [4.78, 5) is 24.9. The van der Waals surface area contributed by atoms with Crippen LogP contribution in [-0.4, -0.2) is 43.3 Å². The van der Waals surface area contributed by atoms with Crippen LogP contribution in [0.25, 0.3) is 0 Å². The number of nitrogens with one attached hydrogen (secondary N) is 2. The smallest absolute Gasteiger partial charge is 0.413 e. The fraction of sp³-hybridized carbons (Fsp3) is 0.364. The van der Waals surface area contributed by atoms with E-state index in [9.17, 15) is 9.59 Å².